The minimum absolute atomic E-state index is 0.168. The Labute approximate surface area is 102 Å². The summed E-state index contributed by atoms with van der Waals surface area (Å²) in [5, 5.41) is 11.6. The molecule has 0 aromatic rings. The van der Waals surface area contributed by atoms with E-state index in [1.54, 1.807) is 13.8 Å². The molecule has 1 fully saturated rings. The van der Waals surface area contributed by atoms with Gasteiger partial charge >= 0.3 is 5.97 Å². The molecule has 0 bridgehead atoms. The molecule has 4 N–H and O–H groups in total. The molecule has 1 aliphatic carbocycles. The molecule has 0 saturated heterocycles. The lowest BCUT2D eigenvalue weighted by Gasteiger charge is -2.19. The predicted octanol–water partition coefficient (Wildman–Crippen LogP) is 0.731. The number of amides is 1. The van der Waals surface area contributed by atoms with Gasteiger partial charge in [0.25, 0.3) is 0 Å². The smallest absolute Gasteiger partial charge is 0.309 e. The van der Waals surface area contributed by atoms with Gasteiger partial charge in [-0.05, 0) is 32.6 Å². The lowest BCUT2D eigenvalue weighted by atomic mass is 9.89. The predicted molar refractivity (Wildman–Crippen MR) is 64.4 cm³/mol. The number of hydrogen-bond donors (Lipinski definition) is 3. The van der Waals surface area contributed by atoms with Gasteiger partial charge in [-0.2, -0.15) is 0 Å². The average molecular weight is 242 g/mol. The summed E-state index contributed by atoms with van der Waals surface area (Å²) in [7, 11) is 0. The lowest BCUT2D eigenvalue weighted by Crippen LogP contribution is -2.42. The maximum Gasteiger partial charge on any atom is 0.309 e. The van der Waals surface area contributed by atoms with E-state index >= 15 is 0 Å². The molecule has 0 aromatic heterocycles. The first kappa shape index (κ1) is 14.0. The third kappa shape index (κ3) is 4.73. The molecule has 1 saturated carbocycles. The third-order valence-electron chi connectivity index (χ3n) is 3.25. The van der Waals surface area contributed by atoms with Crippen LogP contribution in [0.2, 0.25) is 0 Å². The number of carboxylic acid groups (broad SMARTS) is 1. The Bertz CT molecular complexity index is 298. The highest BCUT2D eigenvalue weighted by Gasteiger charge is 2.29. The van der Waals surface area contributed by atoms with Crippen LogP contribution in [0.5, 0.6) is 0 Å². The van der Waals surface area contributed by atoms with Crippen molar-refractivity contribution in [2.24, 2.45) is 17.1 Å². The second-order valence-corrected chi connectivity index (χ2v) is 5.52. The van der Waals surface area contributed by atoms with Crippen LogP contribution in [0.1, 0.15) is 39.5 Å². The van der Waals surface area contributed by atoms with Gasteiger partial charge in [-0.15, -0.1) is 0 Å². The van der Waals surface area contributed by atoms with Gasteiger partial charge in [0.1, 0.15) is 0 Å². The molecule has 17 heavy (non-hydrogen) atoms. The number of carbonyl (C=O) groups is 2. The van der Waals surface area contributed by atoms with Gasteiger partial charge in [0.15, 0.2) is 0 Å². The van der Waals surface area contributed by atoms with Crippen molar-refractivity contribution in [1.29, 1.82) is 0 Å². The zero-order valence-corrected chi connectivity index (χ0v) is 10.5. The number of rotatable bonds is 7. The zero-order valence-electron chi connectivity index (χ0n) is 10.5. The van der Waals surface area contributed by atoms with E-state index in [9.17, 15) is 9.59 Å². The van der Waals surface area contributed by atoms with E-state index in [-0.39, 0.29) is 5.91 Å². The molecular formula is C12H22N2O3. The minimum Gasteiger partial charge on any atom is -0.481 e. The number of nitrogens with two attached hydrogens (primary N) is 1. The first-order valence-electron chi connectivity index (χ1n) is 6.09. The summed E-state index contributed by atoms with van der Waals surface area (Å²) in [6.07, 6.45) is 3.50. The fourth-order valence-corrected chi connectivity index (χ4v) is 1.56. The quantitative estimate of drug-likeness (QED) is 0.613. The van der Waals surface area contributed by atoms with E-state index in [4.69, 9.17) is 10.8 Å². The largest absolute Gasteiger partial charge is 0.481 e. The molecule has 0 spiro atoms. The highest BCUT2D eigenvalue weighted by molar-refractivity contribution is 5.81. The van der Waals surface area contributed by atoms with Crippen LogP contribution in [0.3, 0.4) is 0 Å². The van der Waals surface area contributed by atoms with Crippen LogP contribution in [0.25, 0.3) is 0 Å². The van der Waals surface area contributed by atoms with Gasteiger partial charge in [0, 0.05) is 6.54 Å². The van der Waals surface area contributed by atoms with Crippen molar-refractivity contribution in [2.75, 3.05) is 6.54 Å². The molecule has 1 rings (SSSR count). The molecule has 0 aliphatic heterocycles. The highest BCUT2D eigenvalue weighted by Crippen LogP contribution is 2.33. The average Bonchev–Trinajstić information content (AvgIpc) is 3.00. The van der Waals surface area contributed by atoms with Crippen LogP contribution < -0.4 is 11.1 Å². The monoisotopic (exact) mass is 242 g/mol. The second-order valence-electron chi connectivity index (χ2n) is 5.52. The topological polar surface area (TPSA) is 92.4 Å². The number of aliphatic carboxylic acids is 1. The van der Waals surface area contributed by atoms with Crippen molar-refractivity contribution >= 4 is 11.9 Å². The number of carbonyl (C=O) groups excluding carboxylic acids is 1. The van der Waals surface area contributed by atoms with Crippen molar-refractivity contribution < 1.29 is 14.7 Å². The van der Waals surface area contributed by atoms with E-state index in [0.717, 1.165) is 6.42 Å². The summed E-state index contributed by atoms with van der Waals surface area (Å²) in [4.78, 5) is 22.4. The summed E-state index contributed by atoms with van der Waals surface area (Å²) in [5.74, 6) is -0.404. The Morgan fingerprint density at radius 1 is 1.47 bits per heavy atom. The lowest BCUT2D eigenvalue weighted by molar-refractivity contribution is -0.147. The van der Waals surface area contributed by atoms with Gasteiger partial charge in [-0.25, -0.2) is 0 Å². The van der Waals surface area contributed by atoms with Crippen molar-refractivity contribution in [3.05, 3.63) is 0 Å². The molecule has 5 heteroatoms. The van der Waals surface area contributed by atoms with Crippen LogP contribution in [0, 0.1) is 11.3 Å². The summed E-state index contributed by atoms with van der Waals surface area (Å²) < 4.78 is 0. The Balaban J connectivity index is 2.20. The zero-order chi connectivity index (χ0) is 13.1. The molecule has 1 aliphatic rings. The maximum atomic E-state index is 11.6. The molecule has 98 valence electrons. The van der Waals surface area contributed by atoms with Gasteiger partial charge in [-0.3, -0.25) is 9.59 Å². The van der Waals surface area contributed by atoms with E-state index < -0.39 is 17.4 Å². The van der Waals surface area contributed by atoms with Crippen LogP contribution >= 0.6 is 0 Å². The molecule has 0 radical (unpaired) electrons. The van der Waals surface area contributed by atoms with Gasteiger partial charge in [-0.1, -0.05) is 12.8 Å². The van der Waals surface area contributed by atoms with E-state index in [1.165, 1.54) is 12.8 Å². The number of carboxylic acids is 1. The summed E-state index contributed by atoms with van der Waals surface area (Å²) >= 11 is 0. The van der Waals surface area contributed by atoms with Gasteiger partial charge in [0.05, 0.1) is 11.5 Å². The Kier molecular flexibility index (Phi) is 4.51. The number of nitrogens with one attached hydrogen (secondary N) is 1. The van der Waals surface area contributed by atoms with Crippen LogP contribution in [0.15, 0.2) is 0 Å². The second kappa shape index (κ2) is 5.49. The first-order chi connectivity index (χ1) is 7.83. The van der Waals surface area contributed by atoms with Crippen molar-refractivity contribution in [1.82, 2.24) is 5.32 Å². The van der Waals surface area contributed by atoms with E-state index in [0.29, 0.717) is 18.9 Å². The van der Waals surface area contributed by atoms with Crippen LogP contribution in [-0.4, -0.2) is 29.6 Å². The number of hydrogen-bond acceptors (Lipinski definition) is 3. The Morgan fingerprint density at radius 3 is 2.53 bits per heavy atom. The minimum atomic E-state index is -0.853. The maximum absolute atomic E-state index is 11.6. The Morgan fingerprint density at radius 2 is 2.06 bits per heavy atom. The van der Waals surface area contributed by atoms with Crippen molar-refractivity contribution in [2.45, 2.75) is 45.6 Å². The summed E-state index contributed by atoms with van der Waals surface area (Å²) in [6, 6.07) is -0.449. The molecular weight excluding hydrogens is 220 g/mol. The fraction of sp³-hybridized carbons (Fsp3) is 0.833. The molecule has 0 aromatic carbocycles. The molecule has 5 nitrogen and oxygen atoms in total. The fourth-order valence-electron chi connectivity index (χ4n) is 1.56. The normalized spacial score (nSPS) is 17.6. The van der Waals surface area contributed by atoms with Crippen molar-refractivity contribution in [3.8, 4) is 0 Å². The van der Waals surface area contributed by atoms with Gasteiger partial charge in [0.2, 0.25) is 5.91 Å². The highest BCUT2D eigenvalue weighted by atomic mass is 16.4. The SMILES string of the molecule is CC(C)(CCNC(=O)[C@@H](N)CC1CC1)C(=O)O. The Hall–Kier alpha value is -1.10. The summed E-state index contributed by atoms with van der Waals surface area (Å²) in [6.45, 7) is 3.65. The first-order valence-corrected chi connectivity index (χ1v) is 6.09. The third-order valence-corrected chi connectivity index (χ3v) is 3.25. The standard InChI is InChI=1S/C12H22N2O3/c1-12(2,11(16)17)5-6-14-10(15)9(13)7-8-3-4-8/h8-9H,3-7,13H2,1-2H3,(H,14,15)(H,16,17)/t9-/m0/s1. The molecule has 1 amide bonds. The summed E-state index contributed by atoms with van der Waals surface area (Å²) in [5.41, 5.74) is 4.93. The van der Waals surface area contributed by atoms with Gasteiger partial charge < -0.3 is 16.2 Å². The van der Waals surface area contributed by atoms with E-state index in [2.05, 4.69) is 5.32 Å². The van der Waals surface area contributed by atoms with Crippen LogP contribution in [0.4, 0.5) is 0 Å². The molecule has 1 atom stereocenters. The van der Waals surface area contributed by atoms with E-state index in [1.807, 2.05) is 0 Å². The molecule has 0 unspecified atom stereocenters. The van der Waals surface area contributed by atoms with Crippen LogP contribution in [-0.2, 0) is 9.59 Å². The molecule has 0 heterocycles. The van der Waals surface area contributed by atoms with Crippen molar-refractivity contribution in [3.63, 3.8) is 0 Å².